The van der Waals surface area contributed by atoms with Gasteiger partial charge in [0.2, 0.25) is 0 Å². The number of nitrogens with two attached hydrogens (primary N) is 1. The van der Waals surface area contributed by atoms with E-state index in [1.807, 2.05) is 18.2 Å². The molecule has 0 spiro atoms. The first-order valence-electron chi connectivity index (χ1n) is 7.20. The summed E-state index contributed by atoms with van der Waals surface area (Å²) in [4.78, 5) is 0. The standard InChI is InChI=1S/C18H21NO2/c1-12-10-14(20-2)6-7-16(12)18(19)9-8-13-4-5-15(21-3)11-17(13)18/h4-7,10-11H,8-9,19H2,1-3H3. The van der Waals surface area contributed by atoms with Gasteiger partial charge in [-0.2, -0.15) is 0 Å². The molecule has 1 atom stereocenters. The zero-order valence-electron chi connectivity index (χ0n) is 12.8. The van der Waals surface area contributed by atoms with Gasteiger partial charge in [-0.15, -0.1) is 0 Å². The van der Waals surface area contributed by atoms with Crippen molar-refractivity contribution in [1.29, 1.82) is 0 Å². The SMILES string of the molecule is COc1ccc(C2(N)CCc3ccc(OC)cc32)c(C)c1. The van der Waals surface area contributed by atoms with Crippen LogP contribution in [0.3, 0.4) is 0 Å². The highest BCUT2D eigenvalue weighted by molar-refractivity contribution is 5.52. The van der Waals surface area contributed by atoms with Gasteiger partial charge in [-0.25, -0.2) is 0 Å². The minimum absolute atomic E-state index is 0.444. The number of methoxy groups -OCH3 is 2. The summed E-state index contributed by atoms with van der Waals surface area (Å²) in [6.07, 6.45) is 1.92. The van der Waals surface area contributed by atoms with Crippen LogP contribution in [0, 0.1) is 6.92 Å². The molecular formula is C18H21NO2. The molecule has 3 heteroatoms. The average Bonchev–Trinajstić information content (AvgIpc) is 2.84. The Morgan fingerprint density at radius 1 is 0.952 bits per heavy atom. The Morgan fingerprint density at radius 3 is 2.29 bits per heavy atom. The molecule has 1 aliphatic rings. The molecular weight excluding hydrogens is 262 g/mol. The molecule has 0 aromatic heterocycles. The van der Waals surface area contributed by atoms with Crippen molar-refractivity contribution >= 4 is 0 Å². The molecule has 0 heterocycles. The van der Waals surface area contributed by atoms with E-state index in [2.05, 4.69) is 25.1 Å². The first-order chi connectivity index (χ1) is 10.1. The van der Waals surface area contributed by atoms with Crippen molar-refractivity contribution in [3.63, 3.8) is 0 Å². The summed E-state index contributed by atoms with van der Waals surface area (Å²) in [5.41, 5.74) is 11.2. The van der Waals surface area contributed by atoms with Crippen LogP contribution in [0.1, 0.15) is 28.7 Å². The topological polar surface area (TPSA) is 44.5 Å². The van der Waals surface area contributed by atoms with Gasteiger partial charge >= 0.3 is 0 Å². The van der Waals surface area contributed by atoms with Crippen molar-refractivity contribution in [2.24, 2.45) is 5.73 Å². The molecule has 0 radical (unpaired) electrons. The van der Waals surface area contributed by atoms with Gasteiger partial charge in [0.25, 0.3) is 0 Å². The number of benzene rings is 2. The number of hydrogen-bond donors (Lipinski definition) is 1. The van der Waals surface area contributed by atoms with E-state index >= 15 is 0 Å². The molecule has 110 valence electrons. The van der Waals surface area contributed by atoms with E-state index in [-0.39, 0.29) is 0 Å². The average molecular weight is 283 g/mol. The van der Waals surface area contributed by atoms with Crippen LogP contribution in [0.2, 0.25) is 0 Å². The van der Waals surface area contributed by atoms with Gasteiger partial charge in [-0.05, 0) is 66.3 Å². The molecule has 0 amide bonds. The van der Waals surface area contributed by atoms with E-state index in [1.54, 1.807) is 14.2 Å². The third kappa shape index (κ3) is 2.18. The molecule has 0 bridgehead atoms. The van der Waals surface area contributed by atoms with E-state index in [0.29, 0.717) is 0 Å². The lowest BCUT2D eigenvalue weighted by Crippen LogP contribution is -2.36. The zero-order valence-corrected chi connectivity index (χ0v) is 12.8. The Labute approximate surface area is 125 Å². The second-order valence-electron chi connectivity index (χ2n) is 5.68. The van der Waals surface area contributed by atoms with E-state index in [4.69, 9.17) is 15.2 Å². The molecule has 0 aliphatic heterocycles. The Morgan fingerprint density at radius 2 is 1.62 bits per heavy atom. The molecule has 3 nitrogen and oxygen atoms in total. The molecule has 0 saturated carbocycles. The highest BCUT2D eigenvalue weighted by atomic mass is 16.5. The molecule has 21 heavy (non-hydrogen) atoms. The number of ether oxygens (including phenoxy) is 2. The summed E-state index contributed by atoms with van der Waals surface area (Å²) in [5.74, 6) is 1.72. The fraction of sp³-hybridized carbons (Fsp3) is 0.333. The molecule has 1 aliphatic carbocycles. The van der Waals surface area contributed by atoms with Crippen LogP contribution < -0.4 is 15.2 Å². The minimum atomic E-state index is -0.444. The third-order valence-electron chi connectivity index (χ3n) is 4.50. The lowest BCUT2D eigenvalue weighted by molar-refractivity contribution is 0.411. The molecule has 0 saturated heterocycles. The summed E-state index contributed by atoms with van der Waals surface area (Å²) in [7, 11) is 3.37. The fourth-order valence-corrected chi connectivity index (χ4v) is 3.33. The van der Waals surface area contributed by atoms with E-state index in [9.17, 15) is 0 Å². The predicted octanol–water partition coefficient (Wildman–Crippen LogP) is 3.16. The smallest absolute Gasteiger partial charge is 0.119 e. The van der Waals surface area contributed by atoms with Crippen LogP contribution in [0.5, 0.6) is 11.5 Å². The van der Waals surface area contributed by atoms with Crippen molar-refractivity contribution in [1.82, 2.24) is 0 Å². The van der Waals surface area contributed by atoms with Gasteiger partial charge in [0, 0.05) is 0 Å². The second-order valence-corrected chi connectivity index (χ2v) is 5.68. The third-order valence-corrected chi connectivity index (χ3v) is 4.50. The van der Waals surface area contributed by atoms with Gasteiger partial charge < -0.3 is 15.2 Å². The van der Waals surface area contributed by atoms with E-state index in [1.165, 1.54) is 11.1 Å². The maximum atomic E-state index is 6.81. The monoisotopic (exact) mass is 283 g/mol. The Kier molecular flexibility index (Phi) is 3.38. The van der Waals surface area contributed by atoms with Gasteiger partial charge in [-0.3, -0.25) is 0 Å². The molecule has 2 aromatic carbocycles. The lowest BCUT2D eigenvalue weighted by Gasteiger charge is -2.28. The molecule has 0 fully saturated rings. The van der Waals surface area contributed by atoms with Crippen LogP contribution in [0.25, 0.3) is 0 Å². The molecule has 1 unspecified atom stereocenters. The number of rotatable bonds is 3. The van der Waals surface area contributed by atoms with Crippen molar-refractivity contribution in [3.05, 3.63) is 58.7 Å². The van der Waals surface area contributed by atoms with Crippen molar-refractivity contribution < 1.29 is 9.47 Å². The summed E-state index contributed by atoms with van der Waals surface area (Å²) >= 11 is 0. The number of aryl methyl sites for hydroxylation is 2. The zero-order chi connectivity index (χ0) is 15.0. The predicted molar refractivity (Wildman–Crippen MR) is 84.0 cm³/mol. The summed E-state index contributed by atoms with van der Waals surface area (Å²) < 4.78 is 10.7. The Balaban J connectivity index is 2.12. The van der Waals surface area contributed by atoms with Crippen LogP contribution in [-0.2, 0) is 12.0 Å². The van der Waals surface area contributed by atoms with Crippen molar-refractivity contribution in [2.75, 3.05) is 14.2 Å². The Hall–Kier alpha value is -2.00. The molecule has 2 aromatic rings. The lowest BCUT2D eigenvalue weighted by atomic mass is 9.82. The number of hydrogen-bond acceptors (Lipinski definition) is 3. The summed E-state index contributed by atoms with van der Waals surface area (Å²) in [5, 5.41) is 0. The highest BCUT2D eigenvalue weighted by Crippen LogP contribution is 2.43. The number of fused-ring (bicyclic) bond motifs is 1. The normalized spacial score (nSPS) is 20.2. The largest absolute Gasteiger partial charge is 0.497 e. The van der Waals surface area contributed by atoms with Gasteiger partial charge in [0.05, 0.1) is 19.8 Å². The van der Waals surface area contributed by atoms with Crippen LogP contribution in [0.4, 0.5) is 0 Å². The first-order valence-corrected chi connectivity index (χ1v) is 7.20. The van der Waals surface area contributed by atoms with Crippen LogP contribution in [-0.4, -0.2) is 14.2 Å². The molecule has 3 rings (SSSR count). The second kappa shape index (κ2) is 5.08. The Bertz CT molecular complexity index is 681. The maximum Gasteiger partial charge on any atom is 0.119 e. The minimum Gasteiger partial charge on any atom is -0.497 e. The van der Waals surface area contributed by atoms with Crippen molar-refractivity contribution in [2.45, 2.75) is 25.3 Å². The van der Waals surface area contributed by atoms with Gasteiger partial charge in [0.15, 0.2) is 0 Å². The van der Waals surface area contributed by atoms with E-state index < -0.39 is 5.54 Å². The fourth-order valence-electron chi connectivity index (χ4n) is 3.33. The van der Waals surface area contributed by atoms with Crippen LogP contribution in [0.15, 0.2) is 36.4 Å². The van der Waals surface area contributed by atoms with Crippen LogP contribution >= 0.6 is 0 Å². The van der Waals surface area contributed by atoms with Crippen molar-refractivity contribution in [3.8, 4) is 11.5 Å². The first kappa shape index (κ1) is 14.0. The highest BCUT2D eigenvalue weighted by Gasteiger charge is 2.37. The quantitative estimate of drug-likeness (QED) is 0.941. The van der Waals surface area contributed by atoms with E-state index in [0.717, 1.165) is 35.5 Å². The van der Waals surface area contributed by atoms with Gasteiger partial charge in [0.1, 0.15) is 11.5 Å². The maximum absolute atomic E-state index is 6.81. The summed E-state index contributed by atoms with van der Waals surface area (Å²) in [6.45, 7) is 2.09. The summed E-state index contributed by atoms with van der Waals surface area (Å²) in [6, 6.07) is 12.3. The molecule has 2 N–H and O–H groups in total. The van der Waals surface area contributed by atoms with Gasteiger partial charge in [-0.1, -0.05) is 12.1 Å².